The fourth-order valence-electron chi connectivity index (χ4n) is 0.817. The SMILES string of the molecule is O=S(=O)(OC(F)(F)F)c1ccccc1F. The topological polar surface area (TPSA) is 43.4 Å². The van der Waals surface area contributed by atoms with Crippen LogP contribution in [-0.2, 0) is 14.3 Å². The largest absolute Gasteiger partial charge is 0.537 e. The molecule has 0 bridgehead atoms. The van der Waals surface area contributed by atoms with Crippen LogP contribution < -0.4 is 0 Å². The van der Waals surface area contributed by atoms with Gasteiger partial charge < -0.3 is 0 Å². The molecule has 1 aromatic carbocycles. The van der Waals surface area contributed by atoms with Gasteiger partial charge in [0.1, 0.15) is 10.7 Å². The van der Waals surface area contributed by atoms with Crippen molar-refractivity contribution in [1.29, 1.82) is 0 Å². The quantitative estimate of drug-likeness (QED) is 0.590. The van der Waals surface area contributed by atoms with E-state index in [0.717, 1.165) is 12.1 Å². The van der Waals surface area contributed by atoms with Crippen molar-refractivity contribution < 1.29 is 30.2 Å². The average Bonchev–Trinajstić information content (AvgIpc) is 1.99. The Bertz CT molecular complexity index is 452. The third-order valence-electron chi connectivity index (χ3n) is 1.31. The van der Waals surface area contributed by atoms with E-state index < -0.39 is 27.2 Å². The lowest BCUT2D eigenvalue weighted by molar-refractivity contribution is -0.272. The molecule has 0 aromatic heterocycles. The summed E-state index contributed by atoms with van der Waals surface area (Å²) in [6.07, 6.45) is -5.37. The summed E-state index contributed by atoms with van der Waals surface area (Å²) in [5.41, 5.74) is 0. The molecule has 0 saturated heterocycles. The number of benzene rings is 1. The molecule has 3 nitrogen and oxygen atoms in total. The first-order chi connectivity index (χ1) is 6.72. The molecule has 0 saturated carbocycles. The Balaban J connectivity index is 3.13. The molecule has 0 heterocycles. The second-order valence-electron chi connectivity index (χ2n) is 2.41. The van der Waals surface area contributed by atoms with Crippen LogP contribution in [0.25, 0.3) is 0 Å². The summed E-state index contributed by atoms with van der Waals surface area (Å²) in [6.45, 7) is 0. The smallest absolute Gasteiger partial charge is 0.205 e. The van der Waals surface area contributed by atoms with Crippen molar-refractivity contribution in [2.24, 2.45) is 0 Å². The Hall–Kier alpha value is -1.15. The lowest BCUT2D eigenvalue weighted by atomic mass is 10.4. The summed E-state index contributed by atoms with van der Waals surface area (Å²) in [6, 6.07) is 3.61. The molecule has 8 heteroatoms. The predicted octanol–water partition coefficient (Wildman–Crippen LogP) is 2.05. The van der Waals surface area contributed by atoms with Crippen LogP contribution in [0, 0.1) is 5.82 Å². The number of hydrogen-bond donors (Lipinski definition) is 0. The maximum absolute atomic E-state index is 12.8. The van der Waals surface area contributed by atoms with Crippen molar-refractivity contribution in [3.63, 3.8) is 0 Å². The van der Waals surface area contributed by atoms with E-state index in [9.17, 15) is 26.0 Å². The molecule has 0 aliphatic heterocycles. The zero-order valence-corrected chi connectivity index (χ0v) is 7.77. The van der Waals surface area contributed by atoms with Crippen LogP contribution >= 0.6 is 0 Å². The molecule has 0 aliphatic rings. The first-order valence-corrected chi connectivity index (χ1v) is 4.90. The molecule has 0 N–H and O–H groups in total. The molecule has 0 amide bonds. The van der Waals surface area contributed by atoms with Crippen molar-refractivity contribution >= 4 is 10.1 Å². The maximum Gasteiger partial charge on any atom is 0.537 e. The Labute approximate surface area is 82.4 Å². The van der Waals surface area contributed by atoms with E-state index in [0.29, 0.717) is 12.1 Å². The summed E-state index contributed by atoms with van der Waals surface area (Å²) >= 11 is 0. The zero-order valence-electron chi connectivity index (χ0n) is 6.95. The molecule has 1 aromatic rings. The summed E-state index contributed by atoms with van der Waals surface area (Å²) in [5, 5.41) is 0. The molecular formula is C7H4F4O3S. The minimum Gasteiger partial charge on any atom is -0.205 e. The second-order valence-corrected chi connectivity index (χ2v) is 3.93. The first-order valence-electron chi connectivity index (χ1n) is 3.49. The molecule has 0 spiro atoms. The summed E-state index contributed by atoms with van der Waals surface area (Å²) < 4.78 is 72.4. The fourth-order valence-corrected chi connectivity index (χ4v) is 1.71. The van der Waals surface area contributed by atoms with Gasteiger partial charge in [0.15, 0.2) is 0 Å². The van der Waals surface area contributed by atoms with Crippen LogP contribution in [-0.4, -0.2) is 14.8 Å². The van der Waals surface area contributed by atoms with Gasteiger partial charge in [0.2, 0.25) is 0 Å². The lowest BCUT2D eigenvalue weighted by Gasteiger charge is -2.07. The van der Waals surface area contributed by atoms with E-state index in [1.165, 1.54) is 0 Å². The van der Waals surface area contributed by atoms with E-state index in [1.807, 2.05) is 0 Å². The van der Waals surface area contributed by atoms with E-state index in [2.05, 4.69) is 4.18 Å². The molecular weight excluding hydrogens is 240 g/mol. The number of hydrogen-bond acceptors (Lipinski definition) is 3. The first kappa shape index (κ1) is 11.9. The van der Waals surface area contributed by atoms with E-state index in [1.54, 1.807) is 0 Å². The molecule has 15 heavy (non-hydrogen) atoms. The lowest BCUT2D eigenvalue weighted by Crippen LogP contribution is -2.20. The van der Waals surface area contributed by atoms with Gasteiger partial charge in [-0.1, -0.05) is 12.1 Å². The van der Waals surface area contributed by atoms with Gasteiger partial charge in [0.05, 0.1) is 0 Å². The summed E-state index contributed by atoms with van der Waals surface area (Å²) in [5.74, 6) is -1.30. The van der Waals surface area contributed by atoms with Crippen molar-refractivity contribution in [2.45, 2.75) is 11.3 Å². The van der Waals surface area contributed by atoms with Gasteiger partial charge >= 0.3 is 16.5 Å². The van der Waals surface area contributed by atoms with Gasteiger partial charge in [-0.2, -0.15) is 12.6 Å². The highest BCUT2D eigenvalue weighted by atomic mass is 32.2. The Morgan fingerprint density at radius 2 is 1.67 bits per heavy atom. The maximum atomic E-state index is 12.8. The summed E-state index contributed by atoms with van der Waals surface area (Å²) in [7, 11) is -5.15. The van der Waals surface area contributed by atoms with Gasteiger partial charge in [0.25, 0.3) is 0 Å². The van der Waals surface area contributed by atoms with E-state index >= 15 is 0 Å². The van der Waals surface area contributed by atoms with E-state index in [-0.39, 0.29) is 0 Å². The van der Waals surface area contributed by atoms with Crippen LogP contribution in [0.1, 0.15) is 0 Å². The molecule has 1 rings (SSSR count). The van der Waals surface area contributed by atoms with Crippen molar-refractivity contribution in [3.8, 4) is 0 Å². The highest BCUT2D eigenvalue weighted by Gasteiger charge is 2.38. The highest BCUT2D eigenvalue weighted by Crippen LogP contribution is 2.25. The average molecular weight is 244 g/mol. The Morgan fingerprint density at radius 3 is 2.13 bits per heavy atom. The van der Waals surface area contributed by atoms with Crippen LogP contribution in [0.3, 0.4) is 0 Å². The number of alkyl halides is 3. The van der Waals surface area contributed by atoms with Crippen LogP contribution in [0.2, 0.25) is 0 Å². The van der Waals surface area contributed by atoms with Crippen LogP contribution in [0.5, 0.6) is 0 Å². The molecule has 0 aliphatic carbocycles. The van der Waals surface area contributed by atoms with Crippen molar-refractivity contribution in [2.75, 3.05) is 0 Å². The predicted molar refractivity (Wildman–Crippen MR) is 40.7 cm³/mol. The second kappa shape index (κ2) is 3.78. The molecule has 0 fully saturated rings. The third kappa shape index (κ3) is 3.17. The monoisotopic (exact) mass is 244 g/mol. The van der Waals surface area contributed by atoms with Gasteiger partial charge in [-0.05, 0) is 12.1 Å². The molecule has 0 radical (unpaired) electrons. The third-order valence-corrected chi connectivity index (χ3v) is 2.59. The van der Waals surface area contributed by atoms with Gasteiger partial charge in [-0.25, -0.2) is 4.39 Å². The summed E-state index contributed by atoms with van der Waals surface area (Å²) in [4.78, 5) is -1.15. The van der Waals surface area contributed by atoms with Gasteiger partial charge in [0, 0.05) is 0 Å². The van der Waals surface area contributed by atoms with Crippen molar-refractivity contribution in [3.05, 3.63) is 30.1 Å². The number of halogens is 4. The number of rotatable bonds is 2. The molecule has 0 unspecified atom stereocenters. The minimum atomic E-state index is -5.37. The minimum absolute atomic E-state index is 0.677. The Kier molecular flexibility index (Phi) is 3.00. The molecule has 84 valence electrons. The highest BCUT2D eigenvalue weighted by molar-refractivity contribution is 7.86. The Morgan fingerprint density at radius 1 is 1.13 bits per heavy atom. The van der Waals surface area contributed by atoms with Gasteiger partial charge in [-0.15, -0.1) is 13.2 Å². The van der Waals surface area contributed by atoms with Crippen molar-refractivity contribution in [1.82, 2.24) is 0 Å². The molecule has 0 atom stereocenters. The van der Waals surface area contributed by atoms with Crippen LogP contribution in [0.4, 0.5) is 17.6 Å². The van der Waals surface area contributed by atoms with Crippen LogP contribution in [0.15, 0.2) is 29.2 Å². The van der Waals surface area contributed by atoms with E-state index in [4.69, 9.17) is 0 Å². The standard InChI is InChI=1S/C7H4F4O3S/c8-5-3-1-2-4-6(5)15(12,13)14-7(9,10)11/h1-4H. The van der Waals surface area contributed by atoms with Gasteiger partial charge in [-0.3, -0.25) is 0 Å². The normalized spacial score (nSPS) is 12.8. The zero-order chi connectivity index (χ0) is 11.7. The fraction of sp³-hybridized carbons (Fsp3) is 0.143.